The average Bonchev–Trinajstić information content (AvgIpc) is 2.44. The summed E-state index contributed by atoms with van der Waals surface area (Å²) < 4.78 is 22.3. The van der Waals surface area contributed by atoms with Crippen molar-refractivity contribution in [3.63, 3.8) is 0 Å². The smallest absolute Gasteiger partial charge is 0.238 e. The van der Waals surface area contributed by atoms with Crippen molar-refractivity contribution in [3.05, 3.63) is 42.0 Å². The van der Waals surface area contributed by atoms with Gasteiger partial charge in [0.2, 0.25) is 10.0 Å². The number of hydrogen-bond acceptors (Lipinski definition) is 3. The summed E-state index contributed by atoms with van der Waals surface area (Å²) in [6, 6.07) is 6.78. The van der Waals surface area contributed by atoms with Gasteiger partial charge in [-0.3, -0.25) is 0 Å². The molecular formula is C15H22N2O2S. The van der Waals surface area contributed by atoms with Gasteiger partial charge in [-0.05, 0) is 62.4 Å². The van der Waals surface area contributed by atoms with Crippen LogP contribution in [0.25, 0.3) is 0 Å². The zero-order valence-electron chi connectivity index (χ0n) is 11.6. The van der Waals surface area contributed by atoms with Crippen LogP contribution >= 0.6 is 0 Å². The van der Waals surface area contributed by atoms with Gasteiger partial charge in [-0.1, -0.05) is 24.3 Å². The van der Waals surface area contributed by atoms with Gasteiger partial charge in [0.05, 0.1) is 4.90 Å². The molecule has 0 heterocycles. The maximum absolute atomic E-state index is 11.1. The van der Waals surface area contributed by atoms with Crippen molar-refractivity contribution in [1.29, 1.82) is 0 Å². The number of hydrogen-bond donors (Lipinski definition) is 2. The number of allylic oxidation sites excluding steroid dienone is 2. The van der Waals surface area contributed by atoms with Crippen LogP contribution < -0.4 is 10.5 Å². The summed E-state index contributed by atoms with van der Waals surface area (Å²) in [5.74, 6) is 0.754. The Morgan fingerprint density at radius 2 is 1.95 bits per heavy atom. The van der Waals surface area contributed by atoms with Crippen molar-refractivity contribution >= 4 is 10.0 Å². The van der Waals surface area contributed by atoms with E-state index in [9.17, 15) is 8.42 Å². The molecule has 5 heteroatoms. The maximum Gasteiger partial charge on any atom is 0.238 e. The first-order valence-electron chi connectivity index (χ1n) is 7.03. The summed E-state index contributed by atoms with van der Waals surface area (Å²) in [6.07, 6.45) is 9.06. The second-order valence-electron chi connectivity index (χ2n) is 5.29. The van der Waals surface area contributed by atoms with Crippen LogP contribution in [0.4, 0.5) is 0 Å². The first-order chi connectivity index (χ1) is 9.55. The topological polar surface area (TPSA) is 72.2 Å². The summed E-state index contributed by atoms with van der Waals surface area (Å²) in [6.45, 7) is 1.97. The highest BCUT2D eigenvalue weighted by Crippen LogP contribution is 2.16. The first-order valence-corrected chi connectivity index (χ1v) is 8.58. The monoisotopic (exact) mass is 294 g/mol. The second kappa shape index (κ2) is 7.02. The van der Waals surface area contributed by atoms with Crippen LogP contribution in [0.2, 0.25) is 0 Å². The Labute approximate surface area is 121 Å². The van der Waals surface area contributed by atoms with E-state index in [2.05, 4.69) is 17.5 Å². The molecule has 1 unspecified atom stereocenters. The Hall–Kier alpha value is -1.17. The van der Waals surface area contributed by atoms with Crippen LogP contribution in [0.15, 0.2) is 41.3 Å². The molecule has 0 amide bonds. The highest BCUT2D eigenvalue weighted by Gasteiger charge is 2.09. The fourth-order valence-corrected chi connectivity index (χ4v) is 2.94. The van der Waals surface area contributed by atoms with Gasteiger partial charge in [0.15, 0.2) is 0 Å². The number of nitrogens with one attached hydrogen (secondary N) is 1. The number of primary sulfonamides is 1. The summed E-state index contributed by atoms with van der Waals surface area (Å²) in [4.78, 5) is 0.170. The van der Waals surface area contributed by atoms with E-state index in [1.54, 1.807) is 12.1 Å². The molecule has 4 nitrogen and oxygen atoms in total. The van der Waals surface area contributed by atoms with Crippen LogP contribution in [-0.2, 0) is 16.4 Å². The highest BCUT2D eigenvalue weighted by atomic mass is 32.2. The number of rotatable bonds is 6. The van der Waals surface area contributed by atoms with Crippen molar-refractivity contribution in [2.24, 2.45) is 11.1 Å². The van der Waals surface area contributed by atoms with Crippen molar-refractivity contribution in [3.8, 4) is 0 Å². The molecule has 1 aliphatic rings. The zero-order valence-corrected chi connectivity index (χ0v) is 12.4. The van der Waals surface area contributed by atoms with E-state index in [1.807, 2.05) is 12.1 Å². The second-order valence-corrected chi connectivity index (χ2v) is 6.85. The lowest BCUT2D eigenvalue weighted by molar-refractivity contribution is 0.442. The molecule has 0 spiro atoms. The van der Waals surface area contributed by atoms with Gasteiger partial charge in [-0.15, -0.1) is 0 Å². The molecule has 1 atom stereocenters. The molecule has 0 bridgehead atoms. The number of sulfonamides is 1. The molecule has 0 saturated carbocycles. The standard InChI is InChI=1S/C15H22N2O2S/c16-20(18,19)15-8-6-13(7-9-15)10-11-17-12-14-4-2-1-3-5-14/h1-2,6-9,14,17H,3-5,10-12H2,(H2,16,18,19). The predicted molar refractivity (Wildman–Crippen MR) is 80.9 cm³/mol. The van der Waals surface area contributed by atoms with Crippen molar-refractivity contribution in [2.75, 3.05) is 13.1 Å². The fraction of sp³-hybridized carbons (Fsp3) is 0.467. The minimum Gasteiger partial charge on any atom is -0.316 e. The molecule has 2 rings (SSSR count). The normalized spacial score (nSPS) is 19.1. The van der Waals surface area contributed by atoms with Gasteiger partial charge in [0, 0.05) is 0 Å². The lowest BCUT2D eigenvalue weighted by Crippen LogP contribution is -2.25. The molecule has 0 aliphatic heterocycles. The first kappa shape index (κ1) is 15.2. The van der Waals surface area contributed by atoms with Gasteiger partial charge in [-0.2, -0.15) is 0 Å². The number of nitrogens with two attached hydrogens (primary N) is 1. The minimum absolute atomic E-state index is 0.170. The fourth-order valence-electron chi connectivity index (χ4n) is 2.43. The van der Waals surface area contributed by atoms with Crippen molar-refractivity contribution < 1.29 is 8.42 Å². The molecule has 1 aromatic carbocycles. The Bertz CT molecular complexity index is 550. The molecular weight excluding hydrogens is 272 g/mol. The SMILES string of the molecule is NS(=O)(=O)c1ccc(CCNCC2CC=CCC2)cc1. The van der Waals surface area contributed by atoms with E-state index in [0.29, 0.717) is 0 Å². The third-order valence-electron chi connectivity index (χ3n) is 3.65. The minimum atomic E-state index is -3.58. The summed E-state index contributed by atoms with van der Waals surface area (Å²) in [5.41, 5.74) is 1.12. The molecule has 0 radical (unpaired) electrons. The third-order valence-corrected chi connectivity index (χ3v) is 4.58. The summed E-state index contributed by atoms with van der Waals surface area (Å²) in [5, 5.41) is 8.54. The molecule has 0 saturated heterocycles. The van der Waals surface area contributed by atoms with Gasteiger partial charge < -0.3 is 5.32 Å². The van der Waals surface area contributed by atoms with E-state index in [4.69, 9.17) is 5.14 Å². The van der Waals surface area contributed by atoms with Crippen LogP contribution in [0.1, 0.15) is 24.8 Å². The highest BCUT2D eigenvalue weighted by molar-refractivity contribution is 7.89. The van der Waals surface area contributed by atoms with Gasteiger partial charge in [0.1, 0.15) is 0 Å². The number of benzene rings is 1. The van der Waals surface area contributed by atoms with Crippen LogP contribution in [-0.4, -0.2) is 21.5 Å². The maximum atomic E-state index is 11.1. The summed E-state index contributed by atoms with van der Waals surface area (Å²) in [7, 11) is -3.58. The van der Waals surface area contributed by atoms with E-state index >= 15 is 0 Å². The Balaban J connectivity index is 1.73. The van der Waals surface area contributed by atoms with Gasteiger partial charge in [-0.25, -0.2) is 13.6 Å². The molecule has 0 aromatic heterocycles. The third kappa shape index (κ3) is 4.74. The van der Waals surface area contributed by atoms with E-state index < -0.39 is 10.0 Å². The molecule has 0 fully saturated rings. The Morgan fingerprint density at radius 3 is 2.55 bits per heavy atom. The van der Waals surface area contributed by atoms with E-state index in [0.717, 1.165) is 31.0 Å². The van der Waals surface area contributed by atoms with E-state index in [1.165, 1.54) is 19.3 Å². The quantitative estimate of drug-likeness (QED) is 0.621. The summed E-state index contributed by atoms with van der Waals surface area (Å²) >= 11 is 0. The van der Waals surface area contributed by atoms with Gasteiger partial charge in [0.25, 0.3) is 0 Å². The largest absolute Gasteiger partial charge is 0.316 e. The van der Waals surface area contributed by atoms with Crippen molar-refractivity contribution in [2.45, 2.75) is 30.6 Å². The van der Waals surface area contributed by atoms with Crippen LogP contribution in [0.5, 0.6) is 0 Å². The molecule has 1 aliphatic carbocycles. The molecule has 3 N–H and O–H groups in total. The molecule has 110 valence electrons. The van der Waals surface area contributed by atoms with Crippen molar-refractivity contribution in [1.82, 2.24) is 5.32 Å². The lowest BCUT2D eigenvalue weighted by atomic mass is 9.94. The Morgan fingerprint density at radius 1 is 1.20 bits per heavy atom. The van der Waals surface area contributed by atoms with Crippen LogP contribution in [0, 0.1) is 5.92 Å². The zero-order chi connectivity index (χ0) is 14.4. The van der Waals surface area contributed by atoms with E-state index in [-0.39, 0.29) is 4.90 Å². The molecule has 20 heavy (non-hydrogen) atoms. The average molecular weight is 294 g/mol. The van der Waals surface area contributed by atoms with Gasteiger partial charge >= 0.3 is 0 Å². The predicted octanol–water partition coefficient (Wildman–Crippen LogP) is 1.82. The Kier molecular flexibility index (Phi) is 5.34. The lowest BCUT2D eigenvalue weighted by Gasteiger charge is -2.18. The van der Waals surface area contributed by atoms with Crippen LogP contribution in [0.3, 0.4) is 0 Å². The molecule has 1 aromatic rings.